The summed E-state index contributed by atoms with van der Waals surface area (Å²) in [6.45, 7) is 0.393. The molecule has 0 aliphatic carbocycles. The van der Waals surface area contributed by atoms with E-state index in [1.54, 1.807) is 0 Å². The minimum Gasteiger partial charge on any atom is -0.384 e. The summed E-state index contributed by atoms with van der Waals surface area (Å²) in [4.78, 5) is 4.81. The van der Waals surface area contributed by atoms with Gasteiger partial charge < -0.3 is 11.1 Å². The zero-order chi connectivity index (χ0) is 14.0. The fourth-order valence-electron chi connectivity index (χ4n) is 1.43. The maximum absolute atomic E-state index is 12.6. The Balaban J connectivity index is 2.14. The number of nitrogens with two attached hydrogens (primary N) is 1. The summed E-state index contributed by atoms with van der Waals surface area (Å²) in [5.41, 5.74) is 4.56. The summed E-state index contributed by atoms with van der Waals surface area (Å²) >= 11 is 4.80. The lowest BCUT2D eigenvalue weighted by molar-refractivity contribution is -0.137. The Morgan fingerprint density at radius 2 is 2.05 bits per heavy atom. The number of hydrogen-bond donors (Lipinski definition) is 2. The summed E-state index contributed by atoms with van der Waals surface area (Å²) < 4.78 is 38.7. The molecule has 0 bridgehead atoms. The van der Waals surface area contributed by atoms with Crippen LogP contribution in [0.5, 0.6) is 0 Å². The van der Waals surface area contributed by atoms with Crippen LogP contribution in [-0.2, 0) is 12.7 Å². The minimum absolute atomic E-state index is 0.108. The molecule has 2 aromatic rings. The van der Waals surface area contributed by atoms with Crippen LogP contribution in [0.2, 0.25) is 0 Å². The van der Waals surface area contributed by atoms with Crippen molar-refractivity contribution in [3.63, 3.8) is 0 Å². The smallest absolute Gasteiger partial charge is 0.384 e. The topological polar surface area (TPSA) is 50.9 Å². The van der Waals surface area contributed by atoms with E-state index < -0.39 is 11.7 Å². The van der Waals surface area contributed by atoms with Crippen molar-refractivity contribution in [2.24, 2.45) is 0 Å². The van der Waals surface area contributed by atoms with Crippen molar-refractivity contribution in [3.05, 3.63) is 38.5 Å². The number of anilines is 2. The molecule has 3 nitrogen and oxygen atoms in total. The lowest BCUT2D eigenvalue weighted by atomic mass is 10.2. The van der Waals surface area contributed by atoms with E-state index in [2.05, 4.69) is 26.2 Å². The molecule has 8 heteroatoms. The third kappa shape index (κ3) is 3.84. The third-order valence-corrected chi connectivity index (χ3v) is 3.94. The van der Waals surface area contributed by atoms with E-state index in [9.17, 15) is 13.2 Å². The molecular formula is C11H9BrF3N3S. The molecule has 19 heavy (non-hydrogen) atoms. The van der Waals surface area contributed by atoms with Crippen LogP contribution >= 0.6 is 27.3 Å². The molecule has 0 spiro atoms. The fraction of sp³-hybridized carbons (Fsp3) is 0.182. The highest BCUT2D eigenvalue weighted by atomic mass is 79.9. The van der Waals surface area contributed by atoms with Gasteiger partial charge >= 0.3 is 6.18 Å². The fourth-order valence-corrected chi connectivity index (χ4v) is 2.82. The number of pyridine rings is 1. The van der Waals surface area contributed by atoms with Crippen LogP contribution in [0.15, 0.2) is 28.1 Å². The van der Waals surface area contributed by atoms with Gasteiger partial charge in [-0.25, -0.2) is 4.98 Å². The first-order chi connectivity index (χ1) is 8.84. The zero-order valence-electron chi connectivity index (χ0n) is 9.46. The number of hydrogen-bond acceptors (Lipinski definition) is 4. The first-order valence-corrected chi connectivity index (χ1v) is 6.83. The Labute approximate surface area is 119 Å². The number of aromatic nitrogens is 1. The van der Waals surface area contributed by atoms with Crippen molar-refractivity contribution < 1.29 is 13.2 Å². The Morgan fingerprint density at radius 3 is 2.63 bits per heavy atom. The van der Waals surface area contributed by atoms with E-state index in [-0.39, 0.29) is 11.6 Å². The molecule has 0 aliphatic rings. The van der Waals surface area contributed by atoms with Crippen LogP contribution in [0.25, 0.3) is 0 Å². The second-order valence-electron chi connectivity index (χ2n) is 3.75. The van der Waals surface area contributed by atoms with Crippen LogP contribution in [0.3, 0.4) is 0 Å². The Hall–Kier alpha value is -1.28. The largest absolute Gasteiger partial charge is 0.416 e. The molecule has 2 heterocycles. The molecule has 2 rings (SSSR count). The zero-order valence-corrected chi connectivity index (χ0v) is 11.9. The van der Waals surface area contributed by atoms with E-state index in [0.29, 0.717) is 6.54 Å². The van der Waals surface area contributed by atoms with Crippen molar-refractivity contribution >= 4 is 38.9 Å². The molecule has 2 aromatic heterocycles. The number of nitrogens with zero attached hydrogens (tertiary/aromatic N) is 1. The van der Waals surface area contributed by atoms with E-state index in [1.165, 1.54) is 11.3 Å². The average molecular weight is 352 g/mol. The third-order valence-electron chi connectivity index (χ3n) is 2.24. The molecular weight excluding hydrogens is 343 g/mol. The Morgan fingerprint density at radius 1 is 1.32 bits per heavy atom. The van der Waals surface area contributed by atoms with Gasteiger partial charge in [-0.3, -0.25) is 0 Å². The minimum atomic E-state index is -4.43. The predicted molar refractivity (Wildman–Crippen MR) is 73.0 cm³/mol. The lowest BCUT2D eigenvalue weighted by Gasteiger charge is -2.10. The van der Waals surface area contributed by atoms with Crippen LogP contribution in [0, 0.1) is 0 Å². The number of alkyl halides is 3. The van der Waals surface area contributed by atoms with Gasteiger partial charge in [-0.05, 0) is 34.1 Å². The second-order valence-corrected chi connectivity index (χ2v) is 5.66. The van der Waals surface area contributed by atoms with Crippen molar-refractivity contribution in [2.75, 3.05) is 11.1 Å². The molecule has 0 saturated carbocycles. The first kappa shape index (κ1) is 14.1. The molecule has 0 aliphatic heterocycles. The van der Waals surface area contributed by atoms with Crippen LogP contribution in [0.4, 0.5) is 24.8 Å². The molecule has 0 atom stereocenters. The predicted octanol–water partition coefficient (Wildman–Crippen LogP) is 4.12. The highest BCUT2D eigenvalue weighted by molar-refractivity contribution is 9.10. The second kappa shape index (κ2) is 5.38. The van der Waals surface area contributed by atoms with Gasteiger partial charge in [0.1, 0.15) is 11.6 Å². The van der Waals surface area contributed by atoms with Gasteiger partial charge in [-0.2, -0.15) is 13.2 Å². The molecule has 0 saturated heterocycles. The van der Waals surface area contributed by atoms with Gasteiger partial charge in [-0.15, -0.1) is 11.3 Å². The van der Waals surface area contributed by atoms with Gasteiger partial charge in [0, 0.05) is 14.7 Å². The van der Waals surface area contributed by atoms with Gasteiger partial charge in [0.05, 0.1) is 12.1 Å². The highest BCUT2D eigenvalue weighted by Crippen LogP contribution is 2.31. The molecule has 0 aromatic carbocycles. The highest BCUT2D eigenvalue weighted by Gasteiger charge is 2.31. The molecule has 0 radical (unpaired) electrons. The molecule has 0 unspecified atom stereocenters. The number of nitrogen functional groups attached to an aromatic ring is 1. The van der Waals surface area contributed by atoms with Crippen molar-refractivity contribution in [2.45, 2.75) is 12.7 Å². The molecule has 3 N–H and O–H groups in total. The molecule has 0 amide bonds. The standard InChI is InChI=1S/C11H9BrF3N3S/c12-7-3-8(19-5-7)4-17-10-2-6(11(13,14)15)1-9(16)18-10/h1-3,5H,4H2,(H3,16,17,18). The maximum atomic E-state index is 12.6. The van der Waals surface area contributed by atoms with Crippen LogP contribution in [-0.4, -0.2) is 4.98 Å². The Bertz CT molecular complexity index is 583. The van der Waals surface area contributed by atoms with Crippen molar-refractivity contribution in [1.82, 2.24) is 4.98 Å². The lowest BCUT2D eigenvalue weighted by Crippen LogP contribution is -2.09. The van der Waals surface area contributed by atoms with Crippen molar-refractivity contribution in [3.8, 4) is 0 Å². The summed E-state index contributed by atoms with van der Waals surface area (Å²) in [6.07, 6.45) is -4.43. The van der Waals surface area contributed by atoms with Gasteiger partial charge in [-0.1, -0.05) is 0 Å². The van der Waals surface area contributed by atoms with E-state index in [1.807, 2.05) is 11.4 Å². The SMILES string of the molecule is Nc1cc(C(F)(F)F)cc(NCc2cc(Br)cs2)n1. The van der Waals surface area contributed by atoms with Gasteiger partial charge in [0.2, 0.25) is 0 Å². The van der Waals surface area contributed by atoms with E-state index >= 15 is 0 Å². The number of halogens is 4. The maximum Gasteiger partial charge on any atom is 0.416 e. The van der Waals surface area contributed by atoms with Crippen molar-refractivity contribution in [1.29, 1.82) is 0 Å². The number of thiophene rings is 1. The monoisotopic (exact) mass is 351 g/mol. The van der Waals surface area contributed by atoms with E-state index in [0.717, 1.165) is 21.5 Å². The Kier molecular flexibility index (Phi) is 4.00. The first-order valence-electron chi connectivity index (χ1n) is 5.16. The summed E-state index contributed by atoms with van der Waals surface area (Å²) in [7, 11) is 0. The van der Waals surface area contributed by atoms with E-state index in [4.69, 9.17) is 5.73 Å². The normalized spacial score (nSPS) is 11.6. The number of nitrogens with one attached hydrogen (secondary N) is 1. The van der Waals surface area contributed by atoms with Crippen LogP contribution in [0.1, 0.15) is 10.4 Å². The quantitative estimate of drug-likeness (QED) is 0.874. The molecule has 0 fully saturated rings. The summed E-state index contributed by atoms with van der Waals surface area (Å²) in [6, 6.07) is 3.64. The van der Waals surface area contributed by atoms with Gasteiger partial charge in [0.25, 0.3) is 0 Å². The number of rotatable bonds is 3. The van der Waals surface area contributed by atoms with Gasteiger partial charge in [0.15, 0.2) is 0 Å². The van der Waals surface area contributed by atoms with Crippen LogP contribution < -0.4 is 11.1 Å². The summed E-state index contributed by atoms with van der Waals surface area (Å²) in [5.74, 6) is -0.0541. The average Bonchev–Trinajstić information content (AvgIpc) is 2.71. The summed E-state index contributed by atoms with van der Waals surface area (Å²) in [5, 5.41) is 4.72. The molecule has 102 valence electrons.